The molecule has 31 heavy (non-hydrogen) atoms. The number of rotatable bonds is 9. The topological polar surface area (TPSA) is 96.0 Å². The number of carbonyl (C=O) groups is 2. The van der Waals surface area contributed by atoms with Gasteiger partial charge in [-0.3, -0.25) is 13.9 Å². The molecule has 0 unspecified atom stereocenters. The minimum atomic E-state index is -3.75. The third-order valence-electron chi connectivity index (χ3n) is 4.89. The van der Waals surface area contributed by atoms with Crippen molar-refractivity contribution in [3.05, 3.63) is 59.7 Å². The maximum absolute atomic E-state index is 13.3. The molecule has 0 saturated heterocycles. The van der Waals surface area contributed by atoms with Crippen LogP contribution in [0.25, 0.3) is 0 Å². The standard InChI is InChI=1S/C22H29N3O5S/c1-16-7-6-8-18(13-16)14-24(17(2)22(27)23-3)21(26)15-25(31(5,28)29)19-9-11-20(30-4)12-10-19/h6-13,17H,14-15H2,1-5H3,(H,23,27)/t17-/m1/s1. The van der Waals surface area contributed by atoms with Gasteiger partial charge in [-0.25, -0.2) is 8.42 Å². The lowest BCUT2D eigenvalue weighted by molar-refractivity contribution is -0.139. The van der Waals surface area contributed by atoms with Crippen LogP contribution in [0.2, 0.25) is 0 Å². The Morgan fingerprint density at radius 1 is 1.13 bits per heavy atom. The first-order chi connectivity index (χ1) is 14.6. The van der Waals surface area contributed by atoms with Gasteiger partial charge in [-0.15, -0.1) is 0 Å². The normalized spacial score (nSPS) is 12.0. The van der Waals surface area contributed by atoms with E-state index in [9.17, 15) is 18.0 Å². The molecule has 0 aliphatic rings. The number of hydrogen-bond acceptors (Lipinski definition) is 5. The van der Waals surface area contributed by atoms with E-state index in [0.717, 1.165) is 21.7 Å². The number of anilines is 1. The van der Waals surface area contributed by atoms with Crippen molar-refractivity contribution in [1.82, 2.24) is 10.2 Å². The van der Waals surface area contributed by atoms with E-state index in [1.165, 1.54) is 19.1 Å². The number of likely N-dealkylation sites (N-methyl/N-ethyl adjacent to an activating group) is 1. The van der Waals surface area contributed by atoms with Gasteiger partial charge in [0.1, 0.15) is 18.3 Å². The van der Waals surface area contributed by atoms with Crippen molar-refractivity contribution in [2.24, 2.45) is 0 Å². The number of ether oxygens (including phenoxy) is 1. The lowest BCUT2D eigenvalue weighted by atomic mass is 10.1. The predicted octanol–water partition coefficient (Wildman–Crippen LogP) is 1.93. The van der Waals surface area contributed by atoms with Gasteiger partial charge >= 0.3 is 0 Å². The number of carbonyl (C=O) groups excluding carboxylic acids is 2. The molecule has 0 aromatic heterocycles. The van der Waals surface area contributed by atoms with Crippen LogP contribution in [-0.4, -0.2) is 58.1 Å². The summed E-state index contributed by atoms with van der Waals surface area (Å²) in [6.07, 6.45) is 1.04. The summed E-state index contributed by atoms with van der Waals surface area (Å²) >= 11 is 0. The van der Waals surface area contributed by atoms with Gasteiger partial charge in [0.25, 0.3) is 0 Å². The van der Waals surface area contributed by atoms with E-state index in [-0.39, 0.29) is 12.5 Å². The summed E-state index contributed by atoms with van der Waals surface area (Å²) in [6.45, 7) is 3.30. The van der Waals surface area contributed by atoms with Crippen molar-refractivity contribution in [1.29, 1.82) is 0 Å². The molecule has 2 rings (SSSR count). The molecular weight excluding hydrogens is 418 g/mol. The van der Waals surface area contributed by atoms with Crippen molar-refractivity contribution < 1.29 is 22.7 Å². The average molecular weight is 448 g/mol. The zero-order valence-corrected chi connectivity index (χ0v) is 19.3. The molecule has 2 aromatic carbocycles. The van der Waals surface area contributed by atoms with Crippen LogP contribution >= 0.6 is 0 Å². The Morgan fingerprint density at radius 2 is 1.77 bits per heavy atom. The molecule has 0 radical (unpaired) electrons. The lowest BCUT2D eigenvalue weighted by Gasteiger charge is -2.31. The Morgan fingerprint density at radius 3 is 2.29 bits per heavy atom. The summed E-state index contributed by atoms with van der Waals surface area (Å²) in [4.78, 5) is 26.9. The average Bonchev–Trinajstić information content (AvgIpc) is 2.74. The second-order valence-electron chi connectivity index (χ2n) is 7.27. The third-order valence-corrected chi connectivity index (χ3v) is 6.03. The van der Waals surface area contributed by atoms with E-state index in [1.54, 1.807) is 31.2 Å². The molecule has 0 saturated carbocycles. The molecule has 2 aromatic rings. The summed E-state index contributed by atoms with van der Waals surface area (Å²) in [6, 6.07) is 13.2. The fourth-order valence-electron chi connectivity index (χ4n) is 3.16. The molecule has 0 spiro atoms. The van der Waals surface area contributed by atoms with Gasteiger partial charge in [0, 0.05) is 13.6 Å². The fraction of sp³-hybridized carbons (Fsp3) is 0.364. The van der Waals surface area contributed by atoms with Gasteiger partial charge in [-0.2, -0.15) is 0 Å². The Balaban J connectivity index is 2.36. The SMILES string of the molecule is CNC(=O)[C@@H](C)N(Cc1cccc(C)c1)C(=O)CN(c1ccc(OC)cc1)S(C)(=O)=O. The van der Waals surface area contributed by atoms with E-state index in [1.807, 2.05) is 31.2 Å². The maximum atomic E-state index is 13.3. The Hall–Kier alpha value is -3.07. The smallest absolute Gasteiger partial charge is 0.244 e. The summed E-state index contributed by atoms with van der Waals surface area (Å²) in [5.41, 5.74) is 2.20. The molecule has 2 amide bonds. The fourth-order valence-corrected chi connectivity index (χ4v) is 4.01. The second kappa shape index (κ2) is 10.3. The number of benzene rings is 2. The molecule has 168 valence electrons. The van der Waals surface area contributed by atoms with Crippen molar-refractivity contribution in [2.75, 3.05) is 31.3 Å². The monoisotopic (exact) mass is 447 g/mol. The number of amides is 2. The number of sulfonamides is 1. The predicted molar refractivity (Wildman–Crippen MR) is 120 cm³/mol. The molecule has 0 heterocycles. The number of nitrogens with zero attached hydrogens (tertiary/aromatic N) is 2. The Labute approximate surface area is 183 Å². The van der Waals surface area contributed by atoms with Crippen molar-refractivity contribution >= 4 is 27.5 Å². The molecule has 0 aliphatic carbocycles. The van der Waals surface area contributed by atoms with E-state index in [0.29, 0.717) is 11.4 Å². The number of aryl methyl sites for hydroxylation is 1. The van der Waals surface area contributed by atoms with Crippen LogP contribution in [0, 0.1) is 6.92 Å². The lowest BCUT2D eigenvalue weighted by Crippen LogP contribution is -2.50. The van der Waals surface area contributed by atoms with Gasteiger partial charge in [-0.05, 0) is 43.7 Å². The van der Waals surface area contributed by atoms with Crippen molar-refractivity contribution in [3.63, 3.8) is 0 Å². The Kier molecular flexibility index (Phi) is 8.04. The van der Waals surface area contributed by atoms with E-state index < -0.39 is 28.5 Å². The highest BCUT2D eigenvalue weighted by Crippen LogP contribution is 2.22. The van der Waals surface area contributed by atoms with Gasteiger partial charge in [0.15, 0.2) is 0 Å². The minimum Gasteiger partial charge on any atom is -0.497 e. The van der Waals surface area contributed by atoms with Crippen LogP contribution < -0.4 is 14.4 Å². The highest BCUT2D eigenvalue weighted by molar-refractivity contribution is 7.92. The van der Waals surface area contributed by atoms with E-state index in [4.69, 9.17) is 4.74 Å². The summed E-state index contributed by atoms with van der Waals surface area (Å²) in [5.74, 6) is -0.256. The van der Waals surface area contributed by atoms with E-state index >= 15 is 0 Å². The van der Waals surface area contributed by atoms with Crippen molar-refractivity contribution in [2.45, 2.75) is 26.4 Å². The first-order valence-electron chi connectivity index (χ1n) is 9.75. The van der Waals surface area contributed by atoms with Crippen LogP contribution in [-0.2, 0) is 26.2 Å². The van der Waals surface area contributed by atoms with E-state index in [2.05, 4.69) is 5.32 Å². The van der Waals surface area contributed by atoms with Crippen LogP contribution in [0.15, 0.2) is 48.5 Å². The largest absolute Gasteiger partial charge is 0.497 e. The van der Waals surface area contributed by atoms with Crippen LogP contribution in [0.4, 0.5) is 5.69 Å². The number of hydrogen-bond donors (Lipinski definition) is 1. The number of methoxy groups -OCH3 is 1. The molecule has 0 fully saturated rings. The first kappa shape index (κ1) is 24.2. The maximum Gasteiger partial charge on any atom is 0.244 e. The molecule has 9 heteroatoms. The van der Waals surface area contributed by atoms with Crippen LogP contribution in [0.5, 0.6) is 5.75 Å². The summed E-state index contributed by atoms with van der Waals surface area (Å²) in [5, 5.41) is 2.55. The van der Waals surface area contributed by atoms with Crippen molar-refractivity contribution in [3.8, 4) is 5.75 Å². The zero-order valence-electron chi connectivity index (χ0n) is 18.5. The molecule has 0 aliphatic heterocycles. The van der Waals surface area contributed by atoms with Gasteiger partial charge in [0.05, 0.1) is 19.1 Å². The molecule has 0 bridgehead atoms. The summed E-state index contributed by atoms with van der Waals surface area (Å²) < 4.78 is 31.0. The molecule has 1 N–H and O–H groups in total. The zero-order chi connectivity index (χ0) is 23.2. The highest BCUT2D eigenvalue weighted by Gasteiger charge is 2.29. The molecule has 8 nitrogen and oxygen atoms in total. The molecule has 1 atom stereocenters. The molecular formula is C22H29N3O5S. The highest BCUT2D eigenvalue weighted by atomic mass is 32.2. The summed E-state index contributed by atoms with van der Waals surface area (Å²) in [7, 11) is -0.748. The van der Waals surface area contributed by atoms with Gasteiger partial charge < -0.3 is 15.0 Å². The quantitative estimate of drug-likeness (QED) is 0.634. The number of nitrogens with one attached hydrogen (secondary N) is 1. The van der Waals surface area contributed by atoms with Gasteiger partial charge in [-0.1, -0.05) is 29.8 Å². The second-order valence-corrected chi connectivity index (χ2v) is 9.18. The minimum absolute atomic E-state index is 0.176. The third kappa shape index (κ3) is 6.45. The first-order valence-corrected chi connectivity index (χ1v) is 11.6. The van der Waals surface area contributed by atoms with Crippen LogP contribution in [0.1, 0.15) is 18.1 Å². The van der Waals surface area contributed by atoms with Gasteiger partial charge in [0.2, 0.25) is 21.8 Å². The van der Waals surface area contributed by atoms with Crippen LogP contribution in [0.3, 0.4) is 0 Å². The Bertz CT molecular complexity index is 1020.